The lowest BCUT2D eigenvalue weighted by Gasteiger charge is -2.24. The van der Waals surface area contributed by atoms with Crippen molar-refractivity contribution in [2.24, 2.45) is 4.99 Å². The molecular weight excluding hydrogens is 534 g/mol. The Morgan fingerprint density at radius 3 is 2.60 bits per heavy atom. The molecule has 0 N–H and O–H groups in total. The molecule has 0 saturated heterocycles. The Labute approximate surface area is 232 Å². The van der Waals surface area contributed by atoms with Crippen LogP contribution in [0, 0.1) is 17.0 Å². The normalized spacial score (nSPS) is 15.0. The number of thiazole rings is 1. The van der Waals surface area contributed by atoms with Gasteiger partial charge in [0, 0.05) is 12.1 Å². The van der Waals surface area contributed by atoms with Gasteiger partial charge in [0.1, 0.15) is 17.3 Å². The Balaban J connectivity index is 1.63. The van der Waals surface area contributed by atoms with Crippen LogP contribution in [0.4, 0.5) is 5.69 Å². The molecule has 204 valence electrons. The van der Waals surface area contributed by atoms with Crippen LogP contribution in [0.5, 0.6) is 5.75 Å². The molecule has 1 aliphatic heterocycles. The van der Waals surface area contributed by atoms with Gasteiger partial charge in [-0.05, 0) is 62.2 Å². The van der Waals surface area contributed by atoms with Crippen LogP contribution in [0.2, 0.25) is 0 Å². The third-order valence-corrected chi connectivity index (χ3v) is 7.45. The van der Waals surface area contributed by atoms with Gasteiger partial charge in [0.15, 0.2) is 4.80 Å². The van der Waals surface area contributed by atoms with Gasteiger partial charge in [-0.1, -0.05) is 29.5 Å². The molecular formula is C29H25N3O7S. The number of nitro groups is 1. The van der Waals surface area contributed by atoms with Gasteiger partial charge >= 0.3 is 5.97 Å². The van der Waals surface area contributed by atoms with Gasteiger partial charge in [-0.25, -0.2) is 9.79 Å². The van der Waals surface area contributed by atoms with Crippen LogP contribution in [0.3, 0.4) is 0 Å². The van der Waals surface area contributed by atoms with E-state index in [1.54, 1.807) is 82.5 Å². The van der Waals surface area contributed by atoms with E-state index in [4.69, 9.17) is 13.9 Å². The molecule has 1 aliphatic rings. The minimum absolute atomic E-state index is 0.0678. The van der Waals surface area contributed by atoms with Crippen molar-refractivity contribution in [3.63, 3.8) is 0 Å². The number of nitrogens with zero attached hydrogens (tertiary/aromatic N) is 3. The maximum absolute atomic E-state index is 13.8. The summed E-state index contributed by atoms with van der Waals surface area (Å²) < 4.78 is 18.3. The average Bonchev–Trinajstić information content (AvgIpc) is 3.52. The molecule has 5 rings (SSSR count). The second-order valence-electron chi connectivity index (χ2n) is 9.06. The van der Waals surface area contributed by atoms with Crippen LogP contribution in [0.1, 0.15) is 36.8 Å². The summed E-state index contributed by atoms with van der Waals surface area (Å²) in [4.78, 5) is 42.9. The number of allylic oxidation sites excluding steroid dienone is 1. The second-order valence-corrected chi connectivity index (χ2v) is 10.1. The molecule has 0 aliphatic carbocycles. The molecule has 0 radical (unpaired) electrons. The fraction of sp³-hybridized carbons (Fsp3) is 0.207. The van der Waals surface area contributed by atoms with Crippen molar-refractivity contribution < 1.29 is 23.6 Å². The smallest absolute Gasteiger partial charge is 0.338 e. The fourth-order valence-corrected chi connectivity index (χ4v) is 5.63. The van der Waals surface area contributed by atoms with Crippen molar-refractivity contribution in [2.45, 2.75) is 26.8 Å². The lowest BCUT2D eigenvalue weighted by atomic mass is 9.96. The highest BCUT2D eigenvalue weighted by Gasteiger charge is 2.33. The number of carbonyl (C=O) groups excluding carboxylic acids is 1. The van der Waals surface area contributed by atoms with Crippen molar-refractivity contribution in [3.05, 3.63) is 113 Å². The second kappa shape index (κ2) is 10.8. The number of carbonyl (C=O) groups is 1. The zero-order valence-electron chi connectivity index (χ0n) is 22.2. The Hall–Kier alpha value is -4.77. The number of hydrogen-bond acceptors (Lipinski definition) is 9. The van der Waals surface area contributed by atoms with E-state index in [9.17, 15) is 19.7 Å². The summed E-state index contributed by atoms with van der Waals surface area (Å²) in [5.74, 6) is 0.742. The summed E-state index contributed by atoms with van der Waals surface area (Å²) in [5, 5.41) is 11.6. The number of rotatable bonds is 7. The first kappa shape index (κ1) is 26.8. The Kier molecular flexibility index (Phi) is 7.22. The highest BCUT2D eigenvalue weighted by atomic mass is 32.1. The van der Waals surface area contributed by atoms with Crippen LogP contribution in [-0.4, -0.2) is 29.2 Å². The summed E-state index contributed by atoms with van der Waals surface area (Å²) in [5.41, 5.74) is 2.09. The SMILES string of the molecule is CCOC(=O)C1=C(C)N=c2s/c(=C\c3ccc(-c4ccc(C)cc4[N+](=O)[O-])o3)c(=O)n2C1c1ccc(OC)cc1. The van der Waals surface area contributed by atoms with Crippen molar-refractivity contribution in [2.75, 3.05) is 13.7 Å². The van der Waals surface area contributed by atoms with Crippen LogP contribution in [0.25, 0.3) is 17.4 Å². The molecule has 1 atom stereocenters. The Morgan fingerprint density at radius 1 is 1.18 bits per heavy atom. The number of nitro benzene ring substituents is 1. The minimum atomic E-state index is -0.759. The largest absolute Gasteiger partial charge is 0.497 e. The number of furan rings is 1. The van der Waals surface area contributed by atoms with E-state index in [1.807, 2.05) is 0 Å². The van der Waals surface area contributed by atoms with Gasteiger partial charge in [0.2, 0.25) is 0 Å². The molecule has 0 saturated carbocycles. The number of aromatic nitrogens is 1. The molecule has 11 heteroatoms. The van der Waals surface area contributed by atoms with E-state index >= 15 is 0 Å². The molecule has 2 aromatic carbocycles. The third kappa shape index (κ3) is 4.87. The summed E-state index contributed by atoms with van der Waals surface area (Å²) in [7, 11) is 1.56. The summed E-state index contributed by atoms with van der Waals surface area (Å²) in [6.07, 6.45) is 1.57. The molecule has 4 aromatic rings. The zero-order chi connectivity index (χ0) is 28.6. The molecule has 0 amide bonds. The van der Waals surface area contributed by atoms with E-state index < -0.39 is 16.9 Å². The molecule has 0 bridgehead atoms. The number of benzene rings is 2. The number of methoxy groups -OCH3 is 1. The summed E-state index contributed by atoms with van der Waals surface area (Å²) in [6, 6.07) is 14.5. The average molecular weight is 560 g/mol. The first-order valence-electron chi connectivity index (χ1n) is 12.4. The van der Waals surface area contributed by atoms with E-state index in [-0.39, 0.29) is 23.4 Å². The minimum Gasteiger partial charge on any atom is -0.497 e. The van der Waals surface area contributed by atoms with Gasteiger partial charge in [-0.3, -0.25) is 19.5 Å². The van der Waals surface area contributed by atoms with Gasteiger partial charge in [-0.15, -0.1) is 0 Å². The van der Waals surface area contributed by atoms with Crippen LogP contribution in [0.15, 0.2) is 80.1 Å². The first-order chi connectivity index (χ1) is 19.2. The number of ether oxygens (including phenoxy) is 2. The Morgan fingerprint density at radius 2 is 1.93 bits per heavy atom. The lowest BCUT2D eigenvalue weighted by molar-refractivity contribution is -0.384. The molecule has 40 heavy (non-hydrogen) atoms. The first-order valence-corrected chi connectivity index (χ1v) is 13.2. The van der Waals surface area contributed by atoms with Gasteiger partial charge in [0.05, 0.1) is 46.0 Å². The van der Waals surface area contributed by atoms with Crippen LogP contribution < -0.4 is 19.6 Å². The van der Waals surface area contributed by atoms with Gasteiger partial charge < -0.3 is 13.9 Å². The molecule has 10 nitrogen and oxygen atoms in total. The number of hydrogen-bond donors (Lipinski definition) is 0. The zero-order valence-corrected chi connectivity index (χ0v) is 23.0. The van der Waals surface area contributed by atoms with Gasteiger partial charge in [0.25, 0.3) is 11.2 Å². The Bertz CT molecular complexity index is 1850. The monoisotopic (exact) mass is 559 g/mol. The maximum atomic E-state index is 13.8. The highest BCUT2D eigenvalue weighted by molar-refractivity contribution is 7.07. The standard InChI is InChI=1S/C29H25N3O7S/c1-5-38-28(34)25-17(3)30-29-31(26(25)18-7-9-19(37-4)10-8-18)27(33)24(40-29)15-20-11-13-23(39-20)21-12-6-16(2)14-22(21)32(35)36/h6-15,26H,5H2,1-4H3/b24-15-. The summed E-state index contributed by atoms with van der Waals surface area (Å²) >= 11 is 1.16. The number of esters is 1. The van der Waals surface area contributed by atoms with Crippen LogP contribution in [-0.2, 0) is 9.53 Å². The number of fused-ring (bicyclic) bond motifs is 1. The lowest BCUT2D eigenvalue weighted by Crippen LogP contribution is -2.39. The van der Waals surface area contributed by atoms with Crippen molar-refractivity contribution in [1.29, 1.82) is 0 Å². The van der Waals surface area contributed by atoms with Crippen molar-refractivity contribution in [3.8, 4) is 17.1 Å². The molecule has 0 spiro atoms. The summed E-state index contributed by atoms with van der Waals surface area (Å²) in [6.45, 7) is 5.38. The third-order valence-electron chi connectivity index (χ3n) is 6.46. The fourth-order valence-electron chi connectivity index (χ4n) is 4.60. The predicted molar refractivity (Wildman–Crippen MR) is 149 cm³/mol. The molecule has 3 heterocycles. The molecule has 2 aromatic heterocycles. The highest BCUT2D eigenvalue weighted by Crippen LogP contribution is 2.33. The van der Waals surface area contributed by atoms with Gasteiger partial charge in [-0.2, -0.15) is 0 Å². The molecule has 0 fully saturated rings. The maximum Gasteiger partial charge on any atom is 0.338 e. The number of aryl methyl sites for hydroxylation is 1. The van der Waals surface area contributed by atoms with E-state index in [0.29, 0.717) is 43.4 Å². The van der Waals surface area contributed by atoms with E-state index in [2.05, 4.69) is 4.99 Å². The molecule has 1 unspecified atom stereocenters. The van der Waals surface area contributed by atoms with Crippen molar-refractivity contribution >= 4 is 29.1 Å². The van der Waals surface area contributed by atoms with Crippen molar-refractivity contribution in [1.82, 2.24) is 4.57 Å². The van der Waals surface area contributed by atoms with E-state index in [0.717, 1.165) is 16.9 Å². The van der Waals surface area contributed by atoms with Crippen LogP contribution >= 0.6 is 11.3 Å². The predicted octanol–water partition coefficient (Wildman–Crippen LogP) is 4.28. The topological polar surface area (TPSA) is 126 Å². The van der Waals surface area contributed by atoms with E-state index in [1.165, 1.54) is 10.6 Å². The quantitative estimate of drug-likeness (QED) is 0.188.